The van der Waals surface area contributed by atoms with Crippen LogP contribution in [0, 0.1) is 0 Å². The molecule has 0 saturated carbocycles. The molecule has 0 bridgehead atoms. The first kappa shape index (κ1) is 17.0. The van der Waals surface area contributed by atoms with Gasteiger partial charge in [0.25, 0.3) is 5.91 Å². The minimum absolute atomic E-state index is 0.0712. The molecule has 0 spiro atoms. The van der Waals surface area contributed by atoms with Gasteiger partial charge in [0, 0.05) is 4.88 Å². The van der Waals surface area contributed by atoms with Crippen LogP contribution in [0.4, 0.5) is 0 Å². The van der Waals surface area contributed by atoms with Crippen LogP contribution in [0.3, 0.4) is 0 Å². The summed E-state index contributed by atoms with van der Waals surface area (Å²) >= 11 is 1.15. The second-order valence-electron chi connectivity index (χ2n) is 5.36. The third kappa shape index (κ3) is 5.10. The number of benzene rings is 1. The molecule has 1 amide bonds. The molecule has 1 aromatic carbocycles. The van der Waals surface area contributed by atoms with E-state index in [-0.39, 0.29) is 17.4 Å². The summed E-state index contributed by atoms with van der Waals surface area (Å²) in [5.41, 5.74) is 1.22. The molecule has 0 fully saturated rings. The van der Waals surface area contributed by atoms with E-state index in [4.69, 9.17) is 9.84 Å². The van der Waals surface area contributed by atoms with Crippen LogP contribution in [0.2, 0.25) is 0 Å². The van der Waals surface area contributed by atoms with Crippen molar-refractivity contribution in [2.75, 3.05) is 6.61 Å². The molecule has 0 radical (unpaired) electrons. The fourth-order valence-electron chi connectivity index (χ4n) is 1.92. The van der Waals surface area contributed by atoms with Crippen molar-refractivity contribution >= 4 is 23.2 Å². The van der Waals surface area contributed by atoms with E-state index in [9.17, 15) is 9.59 Å². The summed E-state index contributed by atoms with van der Waals surface area (Å²) in [6, 6.07) is 10.9. The number of carbonyl (C=O) groups is 2. The highest BCUT2D eigenvalue weighted by atomic mass is 32.1. The van der Waals surface area contributed by atoms with Crippen molar-refractivity contribution in [3.05, 3.63) is 51.7 Å². The quantitative estimate of drug-likeness (QED) is 0.815. The van der Waals surface area contributed by atoms with Gasteiger partial charge in [0.2, 0.25) is 0 Å². The lowest BCUT2D eigenvalue weighted by Gasteiger charge is -2.09. The molecule has 1 aromatic heterocycles. The van der Waals surface area contributed by atoms with Gasteiger partial charge in [-0.15, -0.1) is 11.3 Å². The smallest absolute Gasteiger partial charge is 0.345 e. The number of aromatic carboxylic acids is 1. The van der Waals surface area contributed by atoms with Crippen LogP contribution in [0.25, 0.3) is 0 Å². The molecule has 0 aliphatic carbocycles. The highest BCUT2D eigenvalue weighted by Gasteiger charge is 2.08. The van der Waals surface area contributed by atoms with Crippen LogP contribution in [0.15, 0.2) is 36.4 Å². The minimum Gasteiger partial charge on any atom is -0.484 e. The number of carboxylic acids is 1. The Morgan fingerprint density at radius 1 is 1.17 bits per heavy atom. The van der Waals surface area contributed by atoms with Gasteiger partial charge in [-0.25, -0.2) is 4.79 Å². The fraction of sp³-hybridized carbons (Fsp3) is 0.294. The highest BCUT2D eigenvalue weighted by Crippen LogP contribution is 2.18. The van der Waals surface area contributed by atoms with E-state index in [1.54, 1.807) is 6.07 Å². The number of thiophene rings is 1. The zero-order valence-electron chi connectivity index (χ0n) is 13.0. The van der Waals surface area contributed by atoms with Crippen molar-refractivity contribution in [3.63, 3.8) is 0 Å². The van der Waals surface area contributed by atoms with Crippen LogP contribution in [0.5, 0.6) is 5.75 Å². The Kier molecular flexibility index (Phi) is 5.76. The van der Waals surface area contributed by atoms with Crippen molar-refractivity contribution in [1.29, 1.82) is 0 Å². The van der Waals surface area contributed by atoms with Crippen molar-refractivity contribution in [2.45, 2.75) is 26.3 Å². The number of hydrogen-bond donors (Lipinski definition) is 2. The van der Waals surface area contributed by atoms with E-state index in [1.807, 2.05) is 24.3 Å². The number of ether oxygens (including phenoxy) is 1. The Morgan fingerprint density at radius 2 is 1.87 bits per heavy atom. The van der Waals surface area contributed by atoms with Gasteiger partial charge in [-0.3, -0.25) is 4.79 Å². The van der Waals surface area contributed by atoms with Crippen molar-refractivity contribution in [1.82, 2.24) is 5.32 Å². The third-order valence-corrected chi connectivity index (χ3v) is 4.32. The second kappa shape index (κ2) is 7.78. The molecule has 2 rings (SSSR count). The zero-order valence-corrected chi connectivity index (χ0v) is 13.9. The molecule has 6 heteroatoms. The van der Waals surface area contributed by atoms with Gasteiger partial charge in [-0.1, -0.05) is 26.0 Å². The summed E-state index contributed by atoms with van der Waals surface area (Å²) in [5.74, 6) is -0.105. The van der Waals surface area contributed by atoms with Crippen LogP contribution >= 0.6 is 11.3 Å². The average molecular weight is 333 g/mol. The van der Waals surface area contributed by atoms with Crippen LogP contribution < -0.4 is 10.1 Å². The average Bonchev–Trinajstić information content (AvgIpc) is 3.00. The number of amides is 1. The summed E-state index contributed by atoms with van der Waals surface area (Å²) in [6.07, 6.45) is 0. The first-order chi connectivity index (χ1) is 11.0. The first-order valence-corrected chi connectivity index (χ1v) is 8.09. The number of nitrogens with one attached hydrogen (secondary N) is 1. The van der Waals surface area contributed by atoms with Crippen molar-refractivity contribution in [3.8, 4) is 5.75 Å². The molecule has 0 atom stereocenters. The van der Waals surface area contributed by atoms with E-state index < -0.39 is 5.97 Å². The summed E-state index contributed by atoms with van der Waals surface area (Å²) in [4.78, 5) is 23.6. The summed E-state index contributed by atoms with van der Waals surface area (Å²) in [6.45, 7) is 4.46. The van der Waals surface area contributed by atoms with Gasteiger partial charge in [0.05, 0.1) is 6.54 Å². The van der Waals surface area contributed by atoms with Crippen LogP contribution in [0.1, 0.15) is 39.9 Å². The molecule has 0 unspecified atom stereocenters. The molecule has 0 aliphatic heterocycles. The molecular formula is C17H19NO4S. The van der Waals surface area contributed by atoms with Crippen molar-refractivity contribution in [2.24, 2.45) is 0 Å². The standard InChI is InChI=1S/C17H19NO4S/c1-11(2)12-3-5-13(6-4-12)22-10-16(19)18-9-14-7-8-15(23-14)17(20)21/h3-8,11H,9-10H2,1-2H3,(H,18,19)(H,20,21). The summed E-state index contributed by atoms with van der Waals surface area (Å²) < 4.78 is 5.43. The lowest BCUT2D eigenvalue weighted by atomic mass is 10.0. The Hall–Kier alpha value is -2.34. The van der Waals surface area contributed by atoms with E-state index >= 15 is 0 Å². The molecule has 1 heterocycles. The summed E-state index contributed by atoms with van der Waals surface area (Å²) in [5, 5.41) is 11.5. The predicted octanol–water partition coefficient (Wildman–Crippen LogP) is 3.26. The molecule has 23 heavy (non-hydrogen) atoms. The van der Waals surface area contributed by atoms with Gasteiger partial charge < -0.3 is 15.2 Å². The molecule has 122 valence electrons. The maximum atomic E-state index is 11.8. The van der Waals surface area contributed by atoms with Crippen LogP contribution in [-0.4, -0.2) is 23.6 Å². The SMILES string of the molecule is CC(C)c1ccc(OCC(=O)NCc2ccc(C(=O)O)s2)cc1. The van der Waals surface area contributed by atoms with Gasteiger partial charge in [-0.2, -0.15) is 0 Å². The number of carboxylic acid groups (broad SMARTS) is 1. The van der Waals surface area contributed by atoms with Gasteiger partial charge >= 0.3 is 5.97 Å². The van der Waals surface area contributed by atoms with Gasteiger partial charge in [0.15, 0.2) is 6.61 Å². The molecule has 5 nitrogen and oxygen atoms in total. The van der Waals surface area contributed by atoms with E-state index in [0.717, 1.165) is 16.2 Å². The van der Waals surface area contributed by atoms with E-state index in [1.165, 1.54) is 11.6 Å². The maximum Gasteiger partial charge on any atom is 0.345 e. The molecule has 2 N–H and O–H groups in total. The monoisotopic (exact) mass is 333 g/mol. The van der Waals surface area contributed by atoms with Crippen LogP contribution in [-0.2, 0) is 11.3 Å². The normalized spacial score (nSPS) is 10.6. The lowest BCUT2D eigenvalue weighted by molar-refractivity contribution is -0.123. The first-order valence-electron chi connectivity index (χ1n) is 7.27. The zero-order chi connectivity index (χ0) is 16.8. The highest BCUT2D eigenvalue weighted by molar-refractivity contribution is 7.13. The second-order valence-corrected chi connectivity index (χ2v) is 6.53. The molecular weight excluding hydrogens is 314 g/mol. The Balaban J connectivity index is 1.77. The Bertz CT molecular complexity index is 676. The maximum absolute atomic E-state index is 11.8. The fourth-order valence-corrected chi connectivity index (χ4v) is 2.71. The molecule has 0 saturated heterocycles. The summed E-state index contributed by atoms with van der Waals surface area (Å²) in [7, 11) is 0. The van der Waals surface area contributed by atoms with Gasteiger partial charge in [-0.05, 0) is 35.7 Å². The predicted molar refractivity (Wildman–Crippen MR) is 89.2 cm³/mol. The van der Waals surface area contributed by atoms with E-state index in [2.05, 4.69) is 19.2 Å². The minimum atomic E-state index is -0.958. The molecule has 2 aromatic rings. The van der Waals surface area contributed by atoms with Gasteiger partial charge in [0.1, 0.15) is 10.6 Å². The number of carbonyl (C=O) groups excluding carboxylic acids is 1. The third-order valence-electron chi connectivity index (χ3n) is 3.25. The number of hydrogen-bond acceptors (Lipinski definition) is 4. The largest absolute Gasteiger partial charge is 0.484 e. The number of rotatable bonds is 7. The van der Waals surface area contributed by atoms with E-state index in [0.29, 0.717) is 18.2 Å². The molecule has 0 aliphatic rings. The van der Waals surface area contributed by atoms with Crippen molar-refractivity contribution < 1.29 is 19.4 Å². The Morgan fingerprint density at radius 3 is 2.43 bits per heavy atom. The Labute approximate surface area is 138 Å². The topological polar surface area (TPSA) is 75.6 Å². The lowest BCUT2D eigenvalue weighted by Crippen LogP contribution is -2.28.